The predicted octanol–water partition coefficient (Wildman–Crippen LogP) is 3.63. The van der Waals surface area contributed by atoms with Crippen LogP contribution in [0.25, 0.3) is 11.3 Å². The standard InChI is InChI=1S/C23H28F3N5O2/c24-23(25,26)19-11-29-17(9-21(32)15-1-2-16(27)7-15)8-18(19)20-12-28-13-22(31-20)30-10-14-3-5-33-6-4-14/h8,11-16H,1-7,9-10,27H2,(H,30,31)/t15-,16+/m1/s1. The van der Waals surface area contributed by atoms with Crippen LogP contribution in [0.4, 0.5) is 19.0 Å². The Morgan fingerprint density at radius 1 is 1.15 bits per heavy atom. The van der Waals surface area contributed by atoms with Crippen molar-refractivity contribution in [3.05, 3.63) is 35.9 Å². The van der Waals surface area contributed by atoms with E-state index in [0.29, 0.717) is 44.3 Å². The fourth-order valence-corrected chi connectivity index (χ4v) is 4.45. The Kier molecular flexibility index (Phi) is 7.23. The first-order chi connectivity index (χ1) is 15.8. The molecule has 0 bridgehead atoms. The maximum atomic E-state index is 13.7. The molecule has 0 radical (unpaired) electrons. The zero-order valence-electron chi connectivity index (χ0n) is 18.3. The number of carbonyl (C=O) groups excluding carboxylic acids is 1. The summed E-state index contributed by atoms with van der Waals surface area (Å²) in [4.78, 5) is 25.0. The summed E-state index contributed by atoms with van der Waals surface area (Å²) in [6.07, 6.45) is 2.87. The average Bonchev–Trinajstić information content (AvgIpc) is 3.24. The molecule has 0 unspecified atom stereocenters. The van der Waals surface area contributed by atoms with E-state index < -0.39 is 11.7 Å². The lowest BCUT2D eigenvalue weighted by Gasteiger charge is -2.22. The van der Waals surface area contributed by atoms with E-state index in [1.807, 2.05) is 0 Å². The average molecular weight is 464 g/mol. The number of halogens is 3. The van der Waals surface area contributed by atoms with Gasteiger partial charge < -0.3 is 15.8 Å². The minimum Gasteiger partial charge on any atom is -0.381 e. The van der Waals surface area contributed by atoms with Crippen LogP contribution in [0.3, 0.4) is 0 Å². The first-order valence-electron chi connectivity index (χ1n) is 11.3. The lowest BCUT2D eigenvalue weighted by Crippen LogP contribution is -2.23. The van der Waals surface area contributed by atoms with Gasteiger partial charge in [-0.05, 0) is 44.1 Å². The van der Waals surface area contributed by atoms with E-state index in [1.54, 1.807) is 0 Å². The molecule has 2 aromatic heterocycles. The molecule has 0 aromatic carbocycles. The van der Waals surface area contributed by atoms with Gasteiger partial charge in [0, 0.05) is 55.6 Å². The summed E-state index contributed by atoms with van der Waals surface area (Å²) in [5.74, 6) is 0.614. The second-order valence-corrected chi connectivity index (χ2v) is 8.86. The number of ketones is 1. The van der Waals surface area contributed by atoms with Crippen LogP contribution in [0.15, 0.2) is 24.7 Å². The number of nitrogens with two attached hydrogens (primary N) is 1. The number of aromatic nitrogens is 3. The summed E-state index contributed by atoms with van der Waals surface area (Å²) in [7, 11) is 0. The molecule has 1 saturated carbocycles. The van der Waals surface area contributed by atoms with E-state index in [-0.39, 0.29) is 41.1 Å². The Morgan fingerprint density at radius 2 is 1.94 bits per heavy atom. The number of hydrogen-bond donors (Lipinski definition) is 2. The van der Waals surface area contributed by atoms with Crippen molar-refractivity contribution in [2.75, 3.05) is 25.1 Å². The fourth-order valence-electron chi connectivity index (χ4n) is 4.45. The number of Topliss-reactive ketones (excluding diaryl/α,β-unsaturated/α-hetero) is 1. The molecule has 2 aliphatic rings. The van der Waals surface area contributed by atoms with Crippen molar-refractivity contribution >= 4 is 11.6 Å². The Hall–Kier alpha value is -2.59. The van der Waals surface area contributed by atoms with E-state index in [9.17, 15) is 18.0 Å². The van der Waals surface area contributed by atoms with Crippen molar-refractivity contribution in [1.82, 2.24) is 15.0 Å². The van der Waals surface area contributed by atoms with Crippen LogP contribution in [-0.4, -0.2) is 46.5 Å². The Labute approximate surface area is 190 Å². The summed E-state index contributed by atoms with van der Waals surface area (Å²) in [5.41, 5.74) is 5.22. The first-order valence-corrected chi connectivity index (χ1v) is 11.3. The summed E-state index contributed by atoms with van der Waals surface area (Å²) in [5, 5.41) is 3.18. The van der Waals surface area contributed by atoms with Crippen LogP contribution in [0.2, 0.25) is 0 Å². The number of alkyl halides is 3. The van der Waals surface area contributed by atoms with Gasteiger partial charge in [-0.3, -0.25) is 14.8 Å². The van der Waals surface area contributed by atoms with E-state index >= 15 is 0 Å². The van der Waals surface area contributed by atoms with Gasteiger partial charge >= 0.3 is 6.18 Å². The summed E-state index contributed by atoms with van der Waals surface area (Å²) in [6, 6.07) is 1.31. The Balaban J connectivity index is 1.55. The molecule has 3 heterocycles. The van der Waals surface area contributed by atoms with Gasteiger partial charge in [0.15, 0.2) is 0 Å². The maximum absolute atomic E-state index is 13.7. The van der Waals surface area contributed by atoms with Gasteiger partial charge in [0.1, 0.15) is 11.6 Å². The number of nitrogens with one attached hydrogen (secondary N) is 1. The Morgan fingerprint density at radius 3 is 2.64 bits per heavy atom. The quantitative estimate of drug-likeness (QED) is 0.646. The molecule has 178 valence electrons. The van der Waals surface area contributed by atoms with E-state index in [4.69, 9.17) is 10.5 Å². The molecule has 0 amide bonds. The molecule has 2 fully saturated rings. The summed E-state index contributed by atoms with van der Waals surface area (Å²) >= 11 is 0. The van der Waals surface area contributed by atoms with Gasteiger partial charge in [0.2, 0.25) is 0 Å². The normalized spacial score (nSPS) is 21.8. The van der Waals surface area contributed by atoms with Crippen molar-refractivity contribution in [2.45, 2.75) is 50.7 Å². The van der Waals surface area contributed by atoms with Crippen LogP contribution in [-0.2, 0) is 22.1 Å². The molecule has 4 rings (SSSR count). The minimum atomic E-state index is -4.61. The zero-order chi connectivity index (χ0) is 23.4. The van der Waals surface area contributed by atoms with E-state index in [2.05, 4.69) is 20.3 Å². The highest BCUT2D eigenvalue weighted by Crippen LogP contribution is 2.37. The molecule has 0 spiro atoms. The van der Waals surface area contributed by atoms with Crippen LogP contribution >= 0.6 is 0 Å². The minimum absolute atomic E-state index is 0.00160. The number of ether oxygens (including phenoxy) is 1. The molecule has 2 atom stereocenters. The number of pyridine rings is 1. The monoisotopic (exact) mass is 463 g/mol. The highest BCUT2D eigenvalue weighted by atomic mass is 19.4. The number of anilines is 1. The topological polar surface area (TPSA) is 103 Å². The molecule has 33 heavy (non-hydrogen) atoms. The molecule has 1 aliphatic heterocycles. The van der Waals surface area contributed by atoms with Crippen LogP contribution in [0, 0.1) is 11.8 Å². The third-order valence-electron chi connectivity index (χ3n) is 6.37. The number of nitrogens with zero attached hydrogens (tertiary/aromatic N) is 3. The molecule has 3 N–H and O–H groups in total. The predicted molar refractivity (Wildman–Crippen MR) is 116 cm³/mol. The van der Waals surface area contributed by atoms with Gasteiger partial charge in [0.05, 0.1) is 23.7 Å². The largest absolute Gasteiger partial charge is 0.418 e. The van der Waals surface area contributed by atoms with Crippen molar-refractivity contribution in [3.8, 4) is 11.3 Å². The lowest BCUT2D eigenvalue weighted by atomic mass is 9.97. The second-order valence-electron chi connectivity index (χ2n) is 8.86. The molecular formula is C23H28F3N5O2. The molecule has 10 heteroatoms. The van der Waals surface area contributed by atoms with Crippen molar-refractivity contribution in [1.29, 1.82) is 0 Å². The smallest absolute Gasteiger partial charge is 0.381 e. The summed E-state index contributed by atoms with van der Waals surface area (Å²) < 4.78 is 46.5. The zero-order valence-corrected chi connectivity index (χ0v) is 18.3. The van der Waals surface area contributed by atoms with E-state index in [1.165, 1.54) is 18.5 Å². The molecule has 7 nitrogen and oxygen atoms in total. The Bertz CT molecular complexity index is 979. The van der Waals surface area contributed by atoms with Crippen LogP contribution < -0.4 is 11.1 Å². The first kappa shape index (κ1) is 23.6. The molecule has 2 aromatic rings. The van der Waals surface area contributed by atoms with Crippen LogP contribution in [0.1, 0.15) is 43.4 Å². The molecule has 1 saturated heterocycles. The second kappa shape index (κ2) is 10.1. The highest BCUT2D eigenvalue weighted by Gasteiger charge is 2.35. The maximum Gasteiger partial charge on any atom is 0.418 e. The lowest BCUT2D eigenvalue weighted by molar-refractivity contribution is -0.137. The highest BCUT2D eigenvalue weighted by molar-refractivity contribution is 5.83. The van der Waals surface area contributed by atoms with Crippen molar-refractivity contribution in [2.24, 2.45) is 17.6 Å². The molecular weight excluding hydrogens is 435 g/mol. The number of rotatable bonds is 7. The molecule has 1 aliphatic carbocycles. The third-order valence-corrected chi connectivity index (χ3v) is 6.37. The van der Waals surface area contributed by atoms with Crippen LogP contribution in [0.5, 0.6) is 0 Å². The van der Waals surface area contributed by atoms with Gasteiger partial charge in [0.25, 0.3) is 0 Å². The van der Waals surface area contributed by atoms with E-state index in [0.717, 1.165) is 25.5 Å². The fraction of sp³-hybridized carbons (Fsp3) is 0.565. The van der Waals surface area contributed by atoms with Crippen molar-refractivity contribution < 1.29 is 22.7 Å². The van der Waals surface area contributed by atoms with Gasteiger partial charge in [-0.1, -0.05) is 0 Å². The number of carbonyl (C=O) groups is 1. The van der Waals surface area contributed by atoms with Crippen molar-refractivity contribution in [3.63, 3.8) is 0 Å². The van der Waals surface area contributed by atoms with Gasteiger partial charge in [-0.25, -0.2) is 4.98 Å². The third kappa shape index (κ3) is 6.05. The SMILES string of the molecule is N[C@H]1CC[C@@H](C(=O)Cc2cc(-c3cncc(NCC4CCOCC4)n3)c(C(F)(F)F)cn2)C1. The number of hydrogen-bond acceptors (Lipinski definition) is 7. The van der Waals surface area contributed by atoms with Gasteiger partial charge in [-0.2, -0.15) is 13.2 Å². The van der Waals surface area contributed by atoms with Gasteiger partial charge in [-0.15, -0.1) is 0 Å². The summed E-state index contributed by atoms with van der Waals surface area (Å²) in [6.45, 7) is 2.06.